The number of carbonyl (C=O) groups is 2. The molecule has 3 unspecified atom stereocenters. The first-order valence-corrected chi connectivity index (χ1v) is 9.88. The predicted octanol–water partition coefficient (Wildman–Crippen LogP) is 2.81. The molecule has 6 nitrogen and oxygen atoms in total. The molecule has 0 radical (unpaired) electrons. The number of alkyl halides is 4. The summed E-state index contributed by atoms with van der Waals surface area (Å²) in [4.78, 5) is 24.2. The number of hydrogen-bond acceptors (Lipinski definition) is 6. The van der Waals surface area contributed by atoms with Crippen LogP contribution in [0, 0.1) is 17.8 Å². The molecule has 4 saturated carbocycles. The second kappa shape index (κ2) is 6.54. The normalized spacial score (nSPS) is 41.1. The second-order valence-corrected chi connectivity index (χ2v) is 9.08. The zero-order valence-corrected chi connectivity index (χ0v) is 16.0. The Kier molecular flexibility index (Phi) is 4.70. The fourth-order valence-corrected chi connectivity index (χ4v) is 5.61. The SMILES string of the molecule is CC(F)(F)C(F)(F)CCOC(=O)CC1OC2(OC1=O)C1CC3CC2CC(O)(C3)C1. The summed E-state index contributed by atoms with van der Waals surface area (Å²) in [6.45, 7) is -0.805. The molecule has 0 aromatic rings. The number of ether oxygens (including phenoxy) is 3. The zero-order valence-electron chi connectivity index (χ0n) is 16.0. The van der Waals surface area contributed by atoms with Crippen molar-refractivity contribution in [1.82, 2.24) is 0 Å². The van der Waals surface area contributed by atoms with Gasteiger partial charge < -0.3 is 19.3 Å². The van der Waals surface area contributed by atoms with Crippen LogP contribution in [0.25, 0.3) is 0 Å². The van der Waals surface area contributed by atoms with E-state index in [4.69, 9.17) is 9.47 Å². The maximum absolute atomic E-state index is 13.2. The lowest BCUT2D eigenvalue weighted by molar-refractivity contribution is -0.314. The van der Waals surface area contributed by atoms with E-state index in [1.165, 1.54) is 0 Å². The highest BCUT2D eigenvalue weighted by Gasteiger charge is 2.68. The van der Waals surface area contributed by atoms with E-state index < -0.39 is 60.7 Å². The standard InChI is InChI=1S/C19H24F4O6/c1-16(20,21)18(22,23)2-3-27-14(24)6-13-15(25)29-19(28-13)11-4-10-5-12(19)9-17(26,7-10)8-11/h10-13,26H,2-9H2,1H3. The summed E-state index contributed by atoms with van der Waals surface area (Å²) in [6, 6.07) is 0. The first-order valence-electron chi connectivity index (χ1n) is 9.88. The Balaban J connectivity index is 1.33. The van der Waals surface area contributed by atoms with Gasteiger partial charge in [-0.1, -0.05) is 0 Å². The molecule has 0 aromatic heterocycles. The number of carbonyl (C=O) groups excluding carboxylic acids is 2. The van der Waals surface area contributed by atoms with Crippen LogP contribution in [0.2, 0.25) is 0 Å². The van der Waals surface area contributed by atoms with Gasteiger partial charge in [0.25, 0.3) is 0 Å². The van der Waals surface area contributed by atoms with Gasteiger partial charge in [-0.2, -0.15) is 8.78 Å². The van der Waals surface area contributed by atoms with E-state index in [0.29, 0.717) is 18.8 Å². The molecule has 5 aliphatic rings. The van der Waals surface area contributed by atoms with E-state index in [1.807, 2.05) is 0 Å². The van der Waals surface area contributed by atoms with Crippen LogP contribution >= 0.6 is 0 Å². The van der Waals surface area contributed by atoms with Gasteiger partial charge in [-0.05, 0) is 38.0 Å². The molecule has 1 saturated heterocycles. The summed E-state index contributed by atoms with van der Waals surface area (Å²) in [5, 5.41) is 10.7. The van der Waals surface area contributed by atoms with Crippen molar-refractivity contribution in [2.24, 2.45) is 17.8 Å². The van der Waals surface area contributed by atoms with Gasteiger partial charge >= 0.3 is 23.8 Å². The van der Waals surface area contributed by atoms with Crippen LogP contribution in [-0.2, 0) is 23.8 Å². The molecule has 0 aromatic carbocycles. The van der Waals surface area contributed by atoms with Gasteiger partial charge in [0.2, 0.25) is 5.79 Å². The average Bonchev–Trinajstić information content (AvgIpc) is 2.88. The molecule has 5 fully saturated rings. The maximum atomic E-state index is 13.2. The van der Waals surface area contributed by atoms with Crippen LogP contribution in [0.5, 0.6) is 0 Å². The Morgan fingerprint density at radius 1 is 1.21 bits per heavy atom. The molecule has 4 bridgehead atoms. The monoisotopic (exact) mass is 424 g/mol. The number of halogens is 4. The van der Waals surface area contributed by atoms with Gasteiger partial charge in [-0.15, -0.1) is 0 Å². The minimum absolute atomic E-state index is 0.0954. The lowest BCUT2D eigenvalue weighted by atomic mass is 9.51. The van der Waals surface area contributed by atoms with Crippen LogP contribution in [0.3, 0.4) is 0 Å². The zero-order chi connectivity index (χ0) is 21.2. The minimum atomic E-state index is -4.30. The molecule has 1 spiro atoms. The Morgan fingerprint density at radius 3 is 2.38 bits per heavy atom. The first kappa shape index (κ1) is 20.8. The summed E-state index contributed by atoms with van der Waals surface area (Å²) in [7, 11) is 0. The Labute approximate surface area is 164 Å². The van der Waals surface area contributed by atoms with Gasteiger partial charge in [0.05, 0.1) is 25.0 Å². The molecule has 29 heavy (non-hydrogen) atoms. The molecule has 1 N–H and O–H groups in total. The molecule has 1 aliphatic heterocycles. The summed E-state index contributed by atoms with van der Waals surface area (Å²) in [5.41, 5.74) is -0.763. The number of hydrogen-bond donors (Lipinski definition) is 1. The quantitative estimate of drug-likeness (QED) is 0.522. The minimum Gasteiger partial charge on any atom is -0.465 e. The second-order valence-electron chi connectivity index (χ2n) is 9.08. The largest absolute Gasteiger partial charge is 0.465 e. The third kappa shape index (κ3) is 3.52. The third-order valence-electron chi connectivity index (χ3n) is 6.82. The molecule has 3 atom stereocenters. The summed E-state index contributed by atoms with van der Waals surface area (Å²) in [5.74, 6) is -11.4. The number of rotatable bonds is 6. The van der Waals surface area contributed by atoms with E-state index in [9.17, 15) is 32.3 Å². The molecular formula is C19H24F4O6. The van der Waals surface area contributed by atoms with Gasteiger partial charge in [0.15, 0.2) is 6.10 Å². The van der Waals surface area contributed by atoms with Crippen LogP contribution in [0.1, 0.15) is 51.9 Å². The summed E-state index contributed by atoms with van der Waals surface area (Å²) in [6.07, 6.45) is 0.0978. The highest BCUT2D eigenvalue weighted by atomic mass is 19.3. The highest BCUT2D eigenvalue weighted by molar-refractivity contribution is 5.83. The van der Waals surface area contributed by atoms with Gasteiger partial charge in [-0.3, -0.25) is 4.79 Å². The molecule has 4 aliphatic carbocycles. The maximum Gasteiger partial charge on any atom is 0.338 e. The summed E-state index contributed by atoms with van der Waals surface area (Å²) >= 11 is 0. The highest BCUT2D eigenvalue weighted by Crippen LogP contribution is 2.63. The van der Waals surface area contributed by atoms with Crippen molar-refractivity contribution < 1.29 is 46.5 Å². The first-order chi connectivity index (χ1) is 13.3. The fraction of sp³-hybridized carbons (Fsp3) is 0.895. The lowest BCUT2D eigenvalue weighted by Gasteiger charge is -2.60. The Bertz CT molecular complexity index is 689. The van der Waals surface area contributed by atoms with E-state index in [2.05, 4.69) is 4.74 Å². The van der Waals surface area contributed by atoms with E-state index >= 15 is 0 Å². The van der Waals surface area contributed by atoms with Gasteiger partial charge in [0.1, 0.15) is 0 Å². The van der Waals surface area contributed by atoms with E-state index in [-0.39, 0.29) is 18.8 Å². The molecular weight excluding hydrogens is 400 g/mol. The van der Waals surface area contributed by atoms with E-state index in [1.54, 1.807) is 0 Å². The topological polar surface area (TPSA) is 82.1 Å². The van der Waals surface area contributed by atoms with Crippen molar-refractivity contribution in [3.63, 3.8) is 0 Å². The van der Waals surface area contributed by atoms with Crippen molar-refractivity contribution in [2.75, 3.05) is 6.61 Å². The molecule has 164 valence electrons. The Morgan fingerprint density at radius 2 is 1.83 bits per heavy atom. The lowest BCUT2D eigenvalue weighted by Crippen LogP contribution is -2.64. The smallest absolute Gasteiger partial charge is 0.338 e. The van der Waals surface area contributed by atoms with Gasteiger partial charge in [-0.25, -0.2) is 13.6 Å². The van der Waals surface area contributed by atoms with Crippen LogP contribution in [0.15, 0.2) is 0 Å². The van der Waals surface area contributed by atoms with Crippen molar-refractivity contribution in [3.8, 4) is 0 Å². The molecule has 0 amide bonds. The van der Waals surface area contributed by atoms with Crippen LogP contribution in [-0.4, -0.2) is 53.0 Å². The van der Waals surface area contributed by atoms with Crippen molar-refractivity contribution in [3.05, 3.63) is 0 Å². The molecule has 5 rings (SSSR count). The fourth-order valence-electron chi connectivity index (χ4n) is 5.61. The van der Waals surface area contributed by atoms with Crippen molar-refractivity contribution in [2.45, 2.75) is 81.2 Å². The van der Waals surface area contributed by atoms with Crippen molar-refractivity contribution >= 4 is 11.9 Å². The number of esters is 2. The molecule has 1 heterocycles. The third-order valence-corrected chi connectivity index (χ3v) is 6.82. The molecule has 10 heteroatoms. The van der Waals surface area contributed by atoms with Gasteiger partial charge in [0, 0.05) is 18.8 Å². The summed E-state index contributed by atoms with van der Waals surface area (Å²) < 4.78 is 68.1. The average molecular weight is 424 g/mol. The van der Waals surface area contributed by atoms with Crippen LogP contribution in [0.4, 0.5) is 17.6 Å². The number of aliphatic hydroxyl groups is 1. The van der Waals surface area contributed by atoms with Crippen molar-refractivity contribution in [1.29, 1.82) is 0 Å². The van der Waals surface area contributed by atoms with Crippen LogP contribution < -0.4 is 0 Å². The Hall–Kier alpha value is -1.42. The van der Waals surface area contributed by atoms with E-state index in [0.717, 1.165) is 19.3 Å². The predicted molar refractivity (Wildman–Crippen MR) is 88.0 cm³/mol.